The Kier molecular flexibility index (Phi) is 5.72. The van der Waals surface area contributed by atoms with Crippen molar-refractivity contribution in [2.45, 2.75) is 19.9 Å². The Hall–Kier alpha value is -0.800. The quantitative estimate of drug-likeness (QED) is 0.805. The third-order valence-corrected chi connectivity index (χ3v) is 3.61. The lowest BCUT2D eigenvalue weighted by Gasteiger charge is -2.23. The second-order valence-corrected chi connectivity index (χ2v) is 4.90. The lowest BCUT2D eigenvalue weighted by atomic mass is 10.1. The Labute approximate surface area is 113 Å². The van der Waals surface area contributed by atoms with E-state index in [0.717, 1.165) is 17.6 Å². The highest BCUT2D eigenvalue weighted by Crippen LogP contribution is 2.29. The summed E-state index contributed by atoms with van der Waals surface area (Å²) in [5, 5.41) is 3.25. The molecule has 0 spiro atoms. The molecule has 0 amide bonds. The van der Waals surface area contributed by atoms with E-state index in [1.54, 1.807) is 0 Å². The molecular formula is C14H21BrN2. The summed E-state index contributed by atoms with van der Waals surface area (Å²) in [7, 11) is 1.97. The fourth-order valence-corrected chi connectivity index (χ4v) is 2.42. The Bertz CT molecular complexity index is 376. The van der Waals surface area contributed by atoms with E-state index in [0.29, 0.717) is 6.04 Å². The number of likely N-dealkylation sites (N-methyl/N-ethyl adjacent to an activating group) is 1. The molecule has 1 rings (SSSR count). The van der Waals surface area contributed by atoms with Crippen LogP contribution in [-0.2, 0) is 0 Å². The molecule has 0 aliphatic carbocycles. The second kappa shape index (κ2) is 6.82. The highest BCUT2D eigenvalue weighted by atomic mass is 79.9. The molecule has 0 aliphatic rings. The van der Waals surface area contributed by atoms with Crippen LogP contribution in [0.5, 0.6) is 0 Å². The fraction of sp³-hybridized carbons (Fsp3) is 0.429. The van der Waals surface area contributed by atoms with Gasteiger partial charge in [-0.2, -0.15) is 0 Å². The van der Waals surface area contributed by atoms with Crippen LogP contribution in [0.3, 0.4) is 0 Å². The van der Waals surface area contributed by atoms with Gasteiger partial charge in [0.25, 0.3) is 0 Å². The second-order valence-electron chi connectivity index (χ2n) is 4.05. The van der Waals surface area contributed by atoms with Gasteiger partial charge in [0.15, 0.2) is 0 Å². The Morgan fingerprint density at radius 2 is 2.24 bits per heavy atom. The summed E-state index contributed by atoms with van der Waals surface area (Å²) in [5.74, 6) is 0. The van der Waals surface area contributed by atoms with E-state index < -0.39 is 0 Å². The van der Waals surface area contributed by atoms with Gasteiger partial charge in [-0.15, -0.1) is 6.58 Å². The van der Waals surface area contributed by atoms with Crippen LogP contribution in [-0.4, -0.2) is 20.1 Å². The summed E-state index contributed by atoms with van der Waals surface area (Å²) in [4.78, 5) is 2.28. The first-order chi connectivity index (χ1) is 8.13. The van der Waals surface area contributed by atoms with Crippen molar-refractivity contribution in [2.75, 3.05) is 25.0 Å². The van der Waals surface area contributed by atoms with Gasteiger partial charge in [0, 0.05) is 23.6 Å². The van der Waals surface area contributed by atoms with Crippen LogP contribution < -0.4 is 10.2 Å². The molecule has 3 heteroatoms. The van der Waals surface area contributed by atoms with Crippen molar-refractivity contribution in [1.29, 1.82) is 0 Å². The molecule has 1 aromatic carbocycles. The number of nitrogens with one attached hydrogen (secondary N) is 1. The lowest BCUT2D eigenvalue weighted by molar-refractivity contribution is 0.652. The molecule has 2 nitrogen and oxygen atoms in total. The third kappa shape index (κ3) is 3.58. The van der Waals surface area contributed by atoms with Crippen LogP contribution in [0.1, 0.15) is 25.5 Å². The van der Waals surface area contributed by atoms with Crippen LogP contribution >= 0.6 is 15.9 Å². The van der Waals surface area contributed by atoms with Crippen molar-refractivity contribution in [3.8, 4) is 0 Å². The average Bonchev–Trinajstić information content (AvgIpc) is 2.35. The first-order valence-corrected chi connectivity index (χ1v) is 6.75. The monoisotopic (exact) mass is 296 g/mol. The predicted octanol–water partition coefficient (Wildman–Crippen LogP) is 3.74. The largest absolute Gasteiger partial charge is 0.367 e. The maximum absolute atomic E-state index is 3.80. The molecule has 0 aromatic heterocycles. The number of nitrogens with zero attached hydrogens (tertiary/aromatic N) is 1. The number of benzene rings is 1. The zero-order chi connectivity index (χ0) is 12.8. The van der Waals surface area contributed by atoms with Gasteiger partial charge in [0.1, 0.15) is 0 Å². The van der Waals surface area contributed by atoms with Crippen molar-refractivity contribution < 1.29 is 0 Å². The predicted molar refractivity (Wildman–Crippen MR) is 79.7 cm³/mol. The van der Waals surface area contributed by atoms with Gasteiger partial charge in [-0.05, 0) is 54.5 Å². The lowest BCUT2D eigenvalue weighted by Crippen LogP contribution is -2.23. The maximum Gasteiger partial charge on any atom is 0.0513 e. The highest BCUT2D eigenvalue weighted by Gasteiger charge is 2.09. The van der Waals surface area contributed by atoms with Crippen LogP contribution in [0, 0.1) is 0 Å². The standard InChI is InChI=1S/C14H21BrN2/c1-5-9-17(6-2)14-8-7-12(10-13(14)15)11(3)16-4/h5,7-8,10-11,16H,1,6,9H2,2-4H3. The number of anilines is 1. The fourth-order valence-electron chi connectivity index (χ4n) is 1.77. The van der Waals surface area contributed by atoms with Crippen LogP contribution in [0.2, 0.25) is 0 Å². The SMILES string of the molecule is C=CCN(CC)c1ccc(C(C)NC)cc1Br. The Morgan fingerprint density at radius 3 is 2.71 bits per heavy atom. The van der Waals surface area contributed by atoms with Crippen molar-refractivity contribution in [3.05, 3.63) is 40.9 Å². The number of rotatable bonds is 6. The molecule has 0 fully saturated rings. The molecule has 0 bridgehead atoms. The van der Waals surface area contributed by atoms with Gasteiger partial charge in [-0.1, -0.05) is 12.1 Å². The zero-order valence-electron chi connectivity index (χ0n) is 10.8. The Balaban J connectivity index is 2.99. The van der Waals surface area contributed by atoms with Crippen molar-refractivity contribution >= 4 is 21.6 Å². The minimum Gasteiger partial charge on any atom is -0.367 e. The number of hydrogen-bond acceptors (Lipinski definition) is 2. The first-order valence-electron chi connectivity index (χ1n) is 5.96. The molecule has 1 unspecified atom stereocenters. The molecule has 0 radical (unpaired) electrons. The van der Waals surface area contributed by atoms with Gasteiger partial charge in [-0.3, -0.25) is 0 Å². The van der Waals surface area contributed by atoms with Gasteiger partial charge in [-0.25, -0.2) is 0 Å². The van der Waals surface area contributed by atoms with Crippen molar-refractivity contribution in [1.82, 2.24) is 5.32 Å². The van der Waals surface area contributed by atoms with Gasteiger partial charge >= 0.3 is 0 Å². The zero-order valence-corrected chi connectivity index (χ0v) is 12.4. The molecule has 0 saturated carbocycles. The van der Waals surface area contributed by atoms with E-state index in [-0.39, 0.29) is 0 Å². The number of halogens is 1. The molecule has 94 valence electrons. The van der Waals surface area contributed by atoms with E-state index in [2.05, 4.69) is 64.8 Å². The van der Waals surface area contributed by atoms with Gasteiger partial charge in [0.2, 0.25) is 0 Å². The van der Waals surface area contributed by atoms with E-state index in [4.69, 9.17) is 0 Å². The van der Waals surface area contributed by atoms with Crippen LogP contribution in [0.15, 0.2) is 35.3 Å². The van der Waals surface area contributed by atoms with E-state index in [1.807, 2.05) is 13.1 Å². The molecule has 0 saturated heterocycles. The minimum absolute atomic E-state index is 0.370. The summed E-state index contributed by atoms with van der Waals surface area (Å²) in [5.41, 5.74) is 2.51. The van der Waals surface area contributed by atoms with Gasteiger partial charge < -0.3 is 10.2 Å². The van der Waals surface area contributed by atoms with Gasteiger partial charge in [0.05, 0.1) is 5.69 Å². The molecular weight excluding hydrogens is 276 g/mol. The van der Waals surface area contributed by atoms with E-state index in [9.17, 15) is 0 Å². The summed E-state index contributed by atoms with van der Waals surface area (Å²) in [6, 6.07) is 6.89. The normalized spacial score (nSPS) is 12.2. The molecule has 1 aromatic rings. The first kappa shape index (κ1) is 14.3. The van der Waals surface area contributed by atoms with E-state index in [1.165, 1.54) is 11.3 Å². The summed E-state index contributed by atoms with van der Waals surface area (Å²) in [6.45, 7) is 9.95. The minimum atomic E-state index is 0.370. The smallest absolute Gasteiger partial charge is 0.0513 e. The van der Waals surface area contributed by atoms with E-state index >= 15 is 0 Å². The van der Waals surface area contributed by atoms with Crippen molar-refractivity contribution in [2.24, 2.45) is 0 Å². The van der Waals surface area contributed by atoms with Crippen molar-refractivity contribution in [3.63, 3.8) is 0 Å². The Morgan fingerprint density at radius 1 is 1.53 bits per heavy atom. The molecule has 1 atom stereocenters. The maximum atomic E-state index is 3.80. The summed E-state index contributed by atoms with van der Waals surface area (Å²) < 4.78 is 1.14. The molecule has 17 heavy (non-hydrogen) atoms. The molecule has 1 N–H and O–H groups in total. The molecule has 0 heterocycles. The average molecular weight is 297 g/mol. The topological polar surface area (TPSA) is 15.3 Å². The summed E-state index contributed by atoms with van der Waals surface area (Å²) in [6.07, 6.45) is 1.93. The number of hydrogen-bond donors (Lipinski definition) is 1. The van der Waals surface area contributed by atoms with Crippen LogP contribution in [0.4, 0.5) is 5.69 Å². The molecule has 0 aliphatic heterocycles. The third-order valence-electron chi connectivity index (χ3n) is 2.98. The summed E-state index contributed by atoms with van der Waals surface area (Å²) >= 11 is 3.65. The van der Waals surface area contributed by atoms with Crippen LogP contribution in [0.25, 0.3) is 0 Å². The highest BCUT2D eigenvalue weighted by molar-refractivity contribution is 9.10.